The molecule has 0 bridgehead atoms. The molecule has 1 saturated heterocycles. The Kier molecular flexibility index (Phi) is 5.11. The molecule has 1 aromatic carbocycles. The second-order valence-corrected chi connectivity index (χ2v) is 8.21. The fraction of sp³-hybridized carbons (Fsp3) is 0.500. The number of carbonyl (C=O) groups is 1. The van der Waals surface area contributed by atoms with Gasteiger partial charge >= 0.3 is 0 Å². The van der Waals surface area contributed by atoms with Crippen molar-refractivity contribution in [2.24, 2.45) is 5.92 Å². The van der Waals surface area contributed by atoms with Crippen molar-refractivity contribution in [2.75, 3.05) is 32.9 Å². The molecule has 1 N–H and O–H groups in total. The zero-order chi connectivity index (χ0) is 16.5. The normalized spacial score (nSPS) is 22.3. The SMILES string of the molecule is CN(C)S(=O)(=O)C[C@@H]1CN(C(=O)c2ccccc2Cl)C[C@@H]1O. The van der Waals surface area contributed by atoms with E-state index in [2.05, 4.69) is 0 Å². The number of aliphatic hydroxyl groups excluding tert-OH is 1. The lowest BCUT2D eigenvalue weighted by molar-refractivity contribution is 0.0765. The van der Waals surface area contributed by atoms with Crippen molar-refractivity contribution < 1.29 is 18.3 Å². The summed E-state index contributed by atoms with van der Waals surface area (Å²) in [4.78, 5) is 13.9. The molecule has 0 radical (unpaired) electrons. The van der Waals surface area contributed by atoms with Crippen molar-refractivity contribution >= 4 is 27.5 Å². The first-order valence-electron chi connectivity index (χ1n) is 6.84. The van der Waals surface area contributed by atoms with Crippen LogP contribution in [0.15, 0.2) is 24.3 Å². The molecule has 0 unspecified atom stereocenters. The van der Waals surface area contributed by atoms with Gasteiger partial charge in [0.1, 0.15) is 0 Å². The van der Waals surface area contributed by atoms with Crippen molar-refractivity contribution in [2.45, 2.75) is 6.10 Å². The largest absolute Gasteiger partial charge is 0.391 e. The summed E-state index contributed by atoms with van der Waals surface area (Å²) in [6.07, 6.45) is -0.860. The van der Waals surface area contributed by atoms with E-state index in [4.69, 9.17) is 11.6 Å². The highest BCUT2D eigenvalue weighted by Gasteiger charge is 2.37. The Morgan fingerprint density at radius 1 is 1.36 bits per heavy atom. The van der Waals surface area contributed by atoms with Crippen LogP contribution in [0.1, 0.15) is 10.4 Å². The van der Waals surface area contributed by atoms with Gasteiger partial charge in [-0.15, -0.1) is 0 Å². The number of halogens is 1. The average molecular weight is 347 g/mol. The number of aliphatic hydroxyl groups is 1. The lowest BCUT2D eigenvalue weighted by atomic mass is 10.1. The Hall–Kier alpha value is -1.15. The summed E-state index contributed by atoms with van der Waals surface area (Å²) in [5, 5.41) is 10.4. The van der Waals surface area contributed by atoms with E-state index in [9.17, 15) is 18.3 Å². The summed E-state index contributed by atoms with van der Waals surface area (Å²) in [7, 11) is -0.532. The molecule has 1 amide bonds. The summed E-state index contributed by atoms with van der Waals surface area (Å²) in [5.41, 5.74) is 0.354. The number of rotatable bonds is 4. The van der Waals surface area contributed by atoms with Gasteiger partial charge < -0.3 is 10.0 Å². The van der Waals surface area contributed by atoms with E-state index in [1.165, 1.54) is 19.0 Å². The predicted molar refractivity (Wildman–Crippen MR) is 84.3 cm³/mol. The number of carbonyl (C=O) groups excluding carboxylic acids is 1. The van der Waals surface area contributed by atoms with E-state index >= 15 is 0 Å². The first-order valence-corrected chi connectivity index (χ1v) is 8.83. The third-order valence-corrected chi connectivity index (χ3v) is 6.07. The Labute approximate surface area is 135 Å². The molecule has 1 aliphatic heterocycles. The topological polar surface area (TPSA) is 77.9 Å². The van der Waals surface area contributed by atoms with Crippen molar-refractivity contribution in [3.8, 4) is 0 Å². The van der Waals surface area contributed by atoms with Crippen molar-refractivity contribution in [1.29, 1.82) is 0 Å². The van der Waals surface area contributed by atoms with Gasteiger partial charge in [0.2, 0.25) is 10.0 Å². The fourth-order valence-electron chi connectivity index (χ4n) is 2.41. The minimum absolute atomic E-state index is 0.109. The maximum atomic E-state index is 12.4. The number of likely N-dealkylation sites (tertiary alicyclic amines) is 1. The van der Waals surface area contributed by atoms with Gasteiger partial charge in [0.15, 0.2) is 0 Å². The molecular weight excluding hydrogens is 328 g/mol. The summed E-state index contributed by atoms with van der Waals surface area (Å²) in [5.74, 6) is -0.985. The highest BCUT2D eigenvalue weighted by molar-refractivity contribution is 7.89. The molecule has 1 aliphatic rings. The third kappa shape index (κ3) is 3.60. The molecule has 22 heavy (non-hydrogen) atoms. The molecule has 6 nitrogen and oxygen atoms in total. The van der Waals surface area contributed by atoms with Gasteiger partial charge in [-0.05, 0) is 12.1 Å². The molecule has 122 valence electrons. The van der Waals surface area contributed by atoms with Gasteiger partial charge in [-0.25, -0.2) is 12.7 Å². The Bertz CT molecular complexity index is 663. The number of benzene rings is 1. The van der Waals surface area contributed by atoms with Crippen LogP contribution in [0.3, 0.4) is 0 Å². The first kappa shape index (κ1) is 17.2. The van der Waals surface area contributed by atoms with Crippen LogP contribution in [-0.2, 0) is 10.0 Å². The van der Waals surface area contributed by atoms with Crippen LogP contribution in [0.25, 0.3) is 0 Å². The molecular formula is C14H19ClN2O4S. The fourth-order valence-corrected chi connectivity index (χ4v) is 3.79. The van der Waals surface area contributed by atoms with E-state index < -0.39 is 22.0 Å². The van der Waals surface area contributed by atoms with Crippen LogP contribution in [0.2, 0.25) is 5.02 Å². The second-order valence-electron chi connectivity index (χ2n) is 5.58. The maximum absolute atomic E-state index is 12.4. The summed E-state index contributed by atoms with van der Waals surface area (Å²) in [6.45, 7) is 0.302. The number of sulfonamides is 1. The van der Waals surface area contributed by atoms with Gasteiger partial charge in [-0.2, -0.15) is 0 Å². The molecule has 0 saturated carbocycles. The van der Waals surface area contributed by atoms with E-state index in [-0.39, 0.29) is 24.7 Å². The Balaban J connectivity index is 2.11. The number of hydrogen-bond acceptors (Lipinski definition) is 4. The van der Waals surface area contributed by atoms with Crippen LogP contribution in [0, 0.1) is 5.92 Å². The van der Waals surface area contributed by atoms with E-state index in [1.807, 2.05) is 0 Å². The zero-order valence-corrected chi connectivity index (χ0v) is 14.0. The smallest absolute Gasteiger partial charge is 0.255 e. The van der Waals surface area contributed by atoms with Crippen LogP contribution < -0.4 is 0 Å². The highest BCUT2D eigenvalue weighted by Crippen LogP contribution is 2.24. The molecule has 0 spiro atoms. The minimum Gasteiger partial charge on any atom is -0.391 e. The zero-order valence-electron chi connectivity index (χ0n) is 12.4. The second kappa shape index (κ2) is 6.54. The van der Waals surface area contributed by atoms with Crippen LogP contribution in [-0.4, -0.2) is 67.7 Å². The monoisotopic (exact) mass is 346 g/mol. The number of β-amino-alcohol motifs (C(OH)–C–C–N with tert-alkyl or cyclic N) is 1. The van der Waals surface area contributed by atoms with Gasteiger partial charge in [0.05, 0.1) is 22.4 Å². The quantitative estimate of drug-likeness (QED) is 0.869. The maximum Gasteiger partial charge on any atom is 0.255 e. The van der Waals surface area contributed by atoms with Crippen LogP contribution in [0.4, 0.5) is 0 Å². The molecule has 2 rings (SSSR count). The highest BCUT2D eigenvalue weighted by atomic mass is 35.5. The lowest BCUT2D eigenvalue weighted by Crippen LogP contribution is -2.33. The Morgan fingerprint density at radius 2 is 2.00 bits per heavy atom. The average Bonchev–Trinajstić information content (AvgIpc) is 2.79. The number of nitrogens with zero attached hydrogens (tertiary/aromatic N) is 2. The van der Waals surface area contributed by atoms with Crippen molar-refractivity contribution in [1.82, 2.24) is 9.21 Å². The molecule has 8 heteroatoms. The summed E-state index contributed by atoms with van der Waals surface area (Å²) < 4.78 is 25.0. The van der Waals surface area contributed by atoms with Gasteiger partial charge in [0, 0.05) is 33.1 Å². The Morgan fingerprint density at radius 3 is 2.59 bits per heavy atom. The predicted octanol–water partition coefficient (Wildman–Crippen LogP) is 0.664. The third-order valence-electron chi connectivity index (χ3n) is 3.78. The number of hydrogen-bond donors (Lipinski definition) is 1. The van der Waals surface area contributed by atoms with Crippen LogP contribution >= 0.6 is 11.6 Å². The summed E-state index contributed by atoms with van der Waals surface area (Å²) >= 11 is 6.01. The van der Waals surface area contributed by atoms with Crippen molar-refractivity contribution in [3.63, 3.8) is 0 Å². The van der Waals surface area contributed by atoms with E-state index in [0.29, 0.717) is 10.6 Å². The van der Waals surface area contributed by atoms with Crippen LogP contribution in [0.5, 0.6) is 0 Å². The molecule has 2 atom stereocenters. The van der Waals surface area contributed by atoms with Gasteiger partial charge in [-0.3, -0.25) is 4.79 Å². The molecule has 1 aromatic rings. The first-order chi connectivity index (χ1) is 10.2. The number of amides is 1. The molecule has 0 aromatic heterocycles. The molecule has 1 fully saturated rings. The van der Waals surface area contributed by atoms with Gasteiger partial charge in [0.25, 0.3) is 5.91 Å². The minimum atomic E-state index is -3.43. The lowest BCUT2D eigenvalue weighted by Gasteiger charge is -2.18. The molecule has 1 heterocycles. The van der Waals surface area contributed by atoms with E-state index in [0.717, 1.165) is 4.31 Å². The molecule has 0 aliphatic carbocycles. The van der Waals surface area contributed by atoms with Gasteiger partial charge in [-0.1, -0.05) is 23.7 Å². The standard InChI is InChI=1S/C14H19ClN2O4S/c1-16(2)22(20,21)9-10-7-17(8-13(10)18)14(19)11-5-3-4-6-12(11)15/h3-6,10,13,18H,7-9H2,1-2H3/t10-,13-/m0/s1. The van der Waals surface area contributed by atoms with E-state index in [1.54, 1.807) is 24.3 Å². The van der Waals surface area contributed by atoms with Crippen molar-refractivity contribution in [3.05, 3.63) is 34.9 Å². The summed E-state index contributed by atoms with van der Waals surface area (Å²) in [6, 6.07) is 6.67.